The van der Waals surface area contributed by atoms with Crippen LogP contribution in [0.1, 0.15) is 219 Å². The number of unbranched alkanes of at least 4 members (excludes halogenated alkanes) is 26. The second-order valence-electron chi connectivity index (χ2n) is 16.1. The van der Waals surface area contributed by atoms with Gasteiger partial charge in [-0.15, -0.1) is 0 Å². The van der Waals surface area contributed by atoms with Crippen molar-refractivity contribution >= 4 is 17.8 Å². The third kappa shape index (κ3) is 24.7. The molecule has 1 rings (SSSR count). The highest BCUT2D eigenvalue weighted by Crippen LogP contribution is 2.26. The summed E-state index contributed by atoms with van der Waals surface area (Å²) in [6.45, 7) is 4.38. The summed E-state index contributed by atoms with van der Waals surface area (Å²) in [5, 5.41) is 43.7. The average Bonchev–Trinajstić information content (AvgIpc) is 3.15. The van der Waals surface area contributed by atoms with Crippen LogP contribution in [0, 0.1) is 0 Å². The molecule has 318 valence electrons. The summed E-state index contributed by atoms with van der Waals surface area (Å²) in [4.78, 5) is 39.4. The number of aliphatic carboxylic acids is 1. The fraction of sp³-hybridized carbons (Fsp3) is 0.932. The molecule has 1 fully saturated rings. The van der Waals surface area contributed by atoms with Crippen molar-refractivity contribution < 1.29 is 39.5 Å². The highest BCUT2D eigenvalue weighted by molar-refractivity contribution is 5.78. The molecule has 5 N–H and O–H groups in total. The Morgan fingerprint density at radius 3 is 1.35 bits per heavy atom. The van der Waals surface area contributed by atoms with Crippen molar-refractivity contribution in [3.8, 4) is 0 Å². The number of hydrogen-bond acceptors (Lipinski definition) is 7. The topological polar surface area (TPSA) is 157 Å². The maximum absolute atomic E-state index is 13.9. The molecule has 1 aliphatic rings. The van der Waals surface area contributed by atoms with Gasteiger partial charge in [0.15, 0.2) is 6.23 Å². The third-order valence-electron chi connectivity index (χ3n) is 11.1. The Morgan fingerprint density at radius 2 is 0.926 bits per heavy atom. The first kappa shape index (κ1) is 50.3. The Hall–Kier alpha value is -1.75. The minimum atomic E-state index is -1.42. The van der Waals surface area contributed by atoms with Crippen LogP contribution in [0.2, 0.25) is 0 Å². The highest BCUT2D eigenvalue weighted by Gasteiger charge is 2.48. The Balaban J connectivity index is 2.71. The van der Waals surface area contributed by atoms with E-state index in [-0.39, 0.29) is 24.7 Å². The van der Waals surface area contributed by atoms with Crippen molar-refractivity contribution in [2.24, 2.45) is 0 Å². The number of aliphatic hydroxyl groups is 3. The van der Waals surface area contributed by atoms with Gasteiger partial charge < -0.3 is 35.4 Å². The van der Waals surface area contributed by atoms with Gasteiger partial charge in [-0.05, 0) is 25.7 Å². The van der Waals surface area contributed by atoms with Crippen LogP contribution >= 0.6 is 0 Å². The zero-order chi connectivity index (χ0) is 39.7. The molecule has 0 aromatic heterocycles. The zero-order valence-electron chi connectivity index (χ0n) is 34.8. The van der Waals surface area contributed by atoms with Crippen LogP contribution in [0.25, 0.3) is 0 Å². The first-order chi connectivity index (χ1) is 26.3. The monoisotopic (exact) mass is 769 g/mol. The molecule has 0 aliphatic carbocycles. The van der Waals surface area contributed by atoms with Crippen LogP contribution in [0.3, 0.4) is 0 Å². The van der Waals surface area contributed by atoms with Crippen molar-refractivity contribution in [2.75, 3.05) is 13.2 Å². The minimum Gasteiger partial charge on any atom is -0.481 e. The third-order valence-corrected chi connectivity index (χ3v) is 11.1. The van der Waals surface area contributed by atoms with E-state index in [0.29, 0.717) is 38.6 Å². The number of nitrogens with one attached hydrogen (secondary N) is 1. The number of amides is 2. The Kier molecular flexibility index (Phi) is 32.1. The fourth-order valence-electron chi connectivity index (χ4n) is 7.65. The molecule has 2 amide bonds. The molecule has 54 heavy (non-hydrogen) atoms. The molecular formula is C44H84N2O8. The Labute approximate surface area is 330 Å². The predicted molar refractivity (Wildman–Crippen MR) is 218 cm³/mol. The quantitative estimate of drug-likeness (QED) is 0.0392. The van der Waals surface area contributed by atoms with E-state index in [2.05, 4.69) is 19.2 Å². The van der Waals surface area contributed by atoms with Crippen molar-refractivity contribution in [3.05, 3.63) is 0 Å². The molecule has 0 radical (unpaired) electrons. The molecular weight excluding hydrogens is 684 g/mol. The van der Waals surface area contributed by atoms with Gasteiger partial charge in [-0.3, -0.25) is 14.4 Å². The molecule has 0 unspecified atom stereocenters. The fourth-order valence-corrected chi connectivity index (χ4v) is 7.65. The molecule has 10 nitrogen and oxygen atoms in total. The number of hydrogen-bond donors (Lipinski definition) is 5. The molecule has 0 bridgehead atoms. The van der Waals surface area contributed by atoms with E-state index < -0.39 is 43.2 Å². The molecule has 1 saturated heterocycles. The van der Waals surface area contributed by atoms with Crippen molar-refractivity contribution in [2.45, 2.75) is 250 Å². The highest BCUT2D eigenvalue weighted by atomic mass is 16.5. The molecule has 1 aliphatic heterocycles. The second kappa shape index (κ2) is 34.5. The summed E-state index contributed by atoms with van der Waals surface area (Å²) in [5.41, 5.74) is 0. The first-order valence-corrected chi connectivity index (χ1v) is 22.7. The van der Waals surface area contributed by atoms with Gasteiger partial charge in [0.05, 0.1) is 6.61 Å². The zero-order valence-corrected chi connectivity index (χ0v) is 34.8. The molecule has 5 atom stereocenters. The lowest BCUT2D eigenvalue weighted by molar-refractivity contribution is -0.231. The number of carboxylic acids is 1. The summed E-state index contributed by atoms with van der Waals surface area (Å²) < 4.78 is 6.14. The van der Waals surface area contributed by atoms with Gasteiger partial charge in [0.2, 0.25) is 11.8 Å². The molecule has 1 heterocycles. The van der Waals surface area contributed by atoms with Crippen LogP contribution in [0.4, 0.5) is 0 Å². The molecule has 10 heteroatoms. The smallest absolute Gasteiger partial charge is 0.303 e. The van der Waals surface area contributed by atoms with E-state index in [1.807, 2.05) is 0 Å². The van der Waals surface area contributed by atoms with E-state index in [4.69, 9.17) is 9.84 Å². The molecule has 0 spiro atoms. The van der Waals surface area contributed by atoms with Gasteiger partial charge >= 0.3 is 5.97 Å². The standard InChI is InChI=1S/C44H84N2O8/c1-3-5-7-9-11-13-15-16-17-18-19-20-22-24-29-33-39(49)46(35-31-27-23-21-14-12-10-8-6-4-2)44-41(43(53)42(52)37(36-47)54-44)45-38(48)32-28-25-26-30-34-40(50)51/h37,41-44,47,52-53H,3-36H2,1-2H3,(H,45,48)(H,50,51)/t37-,41-,42+,43-,44-/m1/s1. The summed E-state index contributed by atoms with van der Waals surface area (Å²) >= 11 is 0. The largest absolute Gasteiger partial charge is 0.481 e. The lowest BCUT2D eigenvalue weighted by atomic mass is 9.94. The van der Waals surface area contributed by atoms with Gasteiger partial charge in [-0.1, -0.05) is 174 Å². The van der Waals surface area contributed by atoms with Crippen LogP contribution in [-0.2, 0) is 19.1 Å². The number of ether oxygens (including phenoxy) is 1. The van der Waals surface area contributed by atoms with Gasteiger partial charge in [-0.2, -0.15) is 0 Å². The number of carboxylic acid groups (broad SMARTS) is 1. The lowest BCUT2D eigenvalue weighted by Gasteiger charge is -2.47. The number of carbonyl (C=O) groups is 3. The van der Waals surface area contributed by atoms with Crippen molar-refractivity contribution in [1.29, 1.82) is 0 Å². The Bertz CT molecular complexity index is 921. The summed E-state index contributed by atoms with van der Waals surface area (Å²) in [6.07, 6.45) is 28.4. The second-order valence-corrected chi connectivity index (χ2v) is 16.1. The maximum atomic E-state index is 13.9. The van der Waals surface area contributed by atoms with E-state index in [0.717, 1.165) is 44.9 Å². The summed E-state index contributed by atoms with van der Waals surface area (Å²) in [7, 11) is 0. The average molecular weight is 769 g/mol. The summed E-state index contributed by atoms with van der Waals surface area (Å²) in [6, 6.07) is -1.05. The van der Waals surface area contributed by atoms with E-state index in [1.165, 1.54) is 116 Å². The maximum Gasteiger partial charge on any atom is 0.303 e. The van der Waals surface area contributed by atoms with E-state index in [9.17, 15) is 29.7 Å². The van der Waals surface area contributed by atoms with Gasteiger partial charge in [-0.25, -0.2) is 0 Å². The van der Waals surface area contributed by atoms with Crippen LogP contribution in [-0.4, -0.2) is 86.8 Å². The number of aliphatic hydroxyl groups excluding tert-OH is 3. The number of rotatable bonds is 37. The Morgan fingerprint density at radius 1 is 0.537 bits per heavy atom. The van der Waals surface area contributed by atoms with E-state index >= 15 is 0 Å². The molecule has 0 aromatic carbocycles. The normalized spacial score (nSPS) is 19.9. The van der Waals surface area contributed by atoms with Gasteiger partial charge in [0.25, 0.3) is 0 Å². The van der Waals surface area contributed by atoms with Crippen molar-refractivity contribution in [1.82, 2.24) is 10.2 Å². The minimum absolute atomic E-state index is 0.0939. The predicted octanol–water partition coefficient (Wildman–Crippen LogP) is 9.35. The first-order valence-electron chi connectivity index (χ1n) is 22.7. The number of carbonyl (C=O) groups excluding carboxylic acids is 2. The summed E-state index contributed by atoms with van der Waals surface area (Å²) in [5.74, 6) is -1.25. The number of nitrogens with zero attached hydrogens (tertiary/aromatic N) is 1. The van der Waals surface area contributed by atoms with E-state index in [1.54, 1.807) is 4.90 Å². The SMILES string of the molecule is CCCCCCCCCCCCCCCCCC(=O)N(CCCCCCCCCCCC)[C@@H]1O[C@H](CO)[C@H](O)[C@H](O)[C@H]1NC(=O)CCCCCCC(=O)O. The lowest BCUT2D eigenvalue weighted by Crippen LogP contribution is -2.68. The van der Waals surface area contributed by atoms with Gasteiger partial charge in [0.1, 0.15) is 24.4 Å². The van der Waals surface area contributed by atoms with Crippen LogP contribution < -0.4 is 5.32 Å². The molecule has 0 aromatic rings. The van der Waals surface area contributed by atoms with Crippen LogP contribution in [0.15, 0.2) is 0 Å². The van der Waals surface area contributed by atoms with Crippen molar-refractivity contribution in [3.63, 3.8) is 0 Å². The molecule has 0 saturated carbocycles. The van der Waals surface area contributed by atoms with Crippen LogP contribution in [0.5, 0.6) is 0 Å². The van der Waals surface area contributed by atoms with Gasteiger partial charge in [0, 0.05) is 25.8 Å².